The number of benzene rings is 1. The first-order valence-corrected chi connectivity index (χ1v) is 8.77. The van der Waals surface area contributed by atoms with E-state index in [1.165, 1.54) is 5.56 Å². The van der Waals surface area contributed by atoms with Crippen LogP contribution in [0.4, 0.5) is 0 Å². The summed E-state index contributed by atoms with van der Waals surface area (Å²) in [4.78, 5) is 13.4. The van der Waals surface area contributed by atoms with Crippen molar-refractivity contribution in [3.63, 3.8) is 0 Å². The van der Waals surface area contributed by atoms with E-state index in [0.29, 0.717) is 11.5 Å². The summed E-state index contributed by atoms with van der Waals surface area (Å²) in [5.41, 5.74) is 2.70. The molecule has 0 bridgehead atoms. The normalized spacial score (nSPS) is 15.2. The third kappa shape index (κ3) is 3.27. The Hall–Kier alpha value is -1.63. The van der Waals surface area contributed by atoms with Gasteiger partial charge in [-0.3, -0.25) is 4.79 Å². The quantitative estimate of drug-likeness (QED) is 0.676. The van der Waals surface area contributed by atoms with Gasteiger partial charge in [-0.15, -0.1) is 28.3 Å². The second kappa shape index (κ2) is 7.51. The number of hydrogen-bond acceptors (Lipinski definition) is 4. The lowest BCUT2D eigenvalue weighted by Crippen LogP contribution is -2.26. The van der Waals surface area contributed by atoms with Crippen molar-refractivity contribution < 1.29 is 4.52 Å². The van der Waals surface area contributed by atoms with Gasteiger partial charge < -0.3 is 9.84 Å². The molecule has 0 radical (unpaired) electrons. The Kier molecular flexibility index (Phi) is 5.38. The summed E-state index contributed by atoms with van der Waals surface area (Å²) in [6.45, 7) is 1.94. The van der Waals surface area contributed by atoms with E-state index in [9.17, 15) is 4.79 Å². The summed E-state index contributed by atoms with van der Waals surface area (Å²) in [5.74, 6) is 1.12. The van der Waals surface area contributed by atoms with E-state index in [0.717, 1.165) is 42.1 Å². The summed E-state index contributed by atoms with van der Waals surface area (Å²) in [7, 11) is 0. The van der Waals surface area contributed by atoms with Crippen LogP contribution in [0.1, 0.15) is 24.5 Å². The largest absolute Gasteiger partial charge is 0.383 e. The van der Waals surface area contributed by atoms with Crippen LogP contribution in [0, 0.1) is 0 Å². The smallest absolute Gasteiger partial charge is 0.288 e. The zero-order valence-corrected chi connectivity index (χ0v) is 15.6. The van der Waals surface area contributed by atoms with Crippen LogP contribution < -0.4 is 10.9 Å². The first kappa shape index (κ1) is 17.2. The van der Waals surface area contributed by atoms with E-state index in [4.69, 9.17) is 4.52 Å². The van der Waals surface area contributed by atoms with Gasteiger partial charge in [0, 0.05) is 16.4 Å². The van der Waals surface area contributed by atoms with Gasteiger partial charge in [-0.2, -0.15) is 5.16 Å². The van der Waals surface area contributed by atoms with E-state index in [2.05, 4.69) is 28.7 Å². The monoisotopic (exact) mass is 406 g/mol. The Balaban J connectivity index is 0.00000169. The maximum Gasteiger partial charge on any atom is 0.288 e. The number of halogens is 1. The average Bonchev–Trinajstić information content (AvgIpc) is 3.23. The molecular weight excluding hydrogens is 388 g/mol. The molecule has 0 atom stereocenters. The Morgan fingerprint density at radius 1 is 1.08 bits per heavy atom. The number of aromatic amines is 1. The van der Waals surface area contributed by atoms with Crippen molar-refractivity contribution in [3.05, 3.63) is 57.9 Å². The fraction of sp³-hybridized carbons (Fsp3) is 0.278. The summed E-state index contributed by atoms with van der Waals surface area (Å²) in [5, 5.41) is 7.93. The number of rotatable bonds is 3. The van der Waals surface area contributed by atoms with Crippen LogP contribution in [-0.4, -0.2) is 18.2 Å². The van der Waals surface area contributed by atoms with Crippen LogP contribution >= 0.6 is 28.3 Å². The van der Waals surface area contributed by atoms with E-state index >= 15 is 0 Å². The van der Waals surface area contributed by atoms with E-state index in [1.807, 2.05) is 23.6 Å². The minimum Gasteiger partial charge on any atom is -0.383 e. The van der Waals surface area contributed by atoms with Crippen molar-refractivity contribution in [2.24, 2.45) is 0 Å². The Labute approximate surface area is 154 Å². The number of nitrogens with one attached hydrogen (secondary N) is 2. The Morgan fingerprint density at radius 2 is 1.83 bits per heavy atom. The fourth-order valence-corrected chi connectivity index (χ4v) is 4.09. The number of piperidine rings is 1. The minimum atomic E-state index is -0.129. The van der Waals surface area contributed by atoms with Crippen LogP contribution in [0.3, 0.4) is 0 Å². The average molecular weight is 407 g/mol. The molecule has 3 aromatic rings. The second-order valence-corrected chi connectivity index (χ2v) is 6.77. The minimum absolute atomic E-state index is 0. The lowest BCUT2D eigenvalue weighted by Gasteiger charge is -2.20. The first-order valence-electron chi connectivity index (χ1n) is 7.89. The van der Waals surface area contributed by atoms with Gasteiger partial charge in [0.2, 0.25) is 0 Å². The van der Waals surface area contributed by atoms with E-state index in [-0.39, 0.29) is 22.5 Å². The lowest BCUT2D eigenvalue weighted by atomic mass is 9.91. The van der Waals surface area contributed by atoms with Crippen molar-refractivity contribution in [2.45, 2.75) is 18.8 Å². The van der Waals surface area contributed by atoms with Crippen LogP contribution in [0.5, 0.6) is 0 Å². The molecule has 1 aliphatic heterocycles. The third-order valence-electron chi connectivity index (χ3n) is 4.38. The fourth-order valence-electron chi connectivity index (χ4n) is 3.18. The molecular formula is C18H19BrN2O2S. The Morgan fingerprint density at radius 3 is 2.58 bits per heavy atom. The predicted octanol–water partition coefficient (Wildman–Crippen LogP) is 4.41. The van der Waals surface area contributed by atoms with Crippen molar-refractivity contribution in [2.75, 3.05) is 13.1 Å². The topological polar surface area (TPSA) is 58.0 Å². The number of aromatic nitrogens is 1. The molecule has 0 spiro atoms. The molecule has 3 heterocycles. The van der Waals surface area contributed by atoms with E-state index < -0.39 is 0 Å². The third-order valence-corrected chi connectivity index (χ3v) is 5.36. The molecule has 1 fully saturated rings. The molecule has 0 saturated carbocycles. The van der Waals surface area contributed by atoms with E-state index in [1.54, 1.807) is 11.3 Å². The molecule has 6 heteroatoms. The van der Waals surface area contributed by atoms with Crippen molar-refractivity contribution >= 4 is 28.3 Å². The molecule has 1 aliphatic rings. The van der Waals surface area contributed by atoms with Gasteiger partial charge in [0.1, 0.15) is 5.76 Å². The zero-order valence-electron chi connectivity index (χ0n) is 13.1. The molecule has 4 rings (SSSR count). The summed E-state index contributed by atoms with van der Waals surface area (Å²) >= 11 is 1.66. The summed E-state index contributed by atoms with van der Waals surface area (Å²) < 4.78 is 5.54. The number of thiophene rings is 1. The van der Waals surface area contributed by atoms with Crippen molar-refractivity contribution in [1.82, 2.24) is 10.5 Å². The maximum atomic E-state index is 12.3. The van der Waals surface area contributed by atoms with Crippen molar-refractivity contribution in [3.8, 4) is 21.6 Å². The molecule has 4 nitrogen and oxygen atoms in total. The molecule has 24 heavy (non-hydrogen) atoms. The van der Waals surface area contributed by atoms with Gasteiger partial charge >= 0.3 is 0 Å². The molecule has 0 aliphatic carbocycles. The molecule has 1 aromatic carbocycles. The van der Waals surface area contributed by atoms with Crippen LogP contribution in [0.25, 0.3) is 21.6 Å². The molecule has 126 valence electrons. The predicted molar refractivity (Wildman–Crippen MR) is 103 cm³/mol. The molecule has 2 N–H and O–H groups in total. The summed E-state index contributed by atoms with van der Waals surface area (Å²) in [6.07, 6.45) is 2.01. The van der Waals surface area contributed by atoms with Gasteiger partial charge in [0.05, 0.1) is 5.56 Å². The van der Waals surface area contributed by atoms with Crippen LogP contribution in [0.15, 0.2) is 51.1 Å². The van der Waals surface area contributed by atoms with Crippen LogP contribution in [-0.2, 0) is 0 Å². The highest BCUT2D eigenvalue weighted by atomic mass is 79.9. The van der Waals surface area contributed by atoms with Gasteiger partial charge in [-0.05, 0) is 42.9 Å². The Bertz CT molecular complexity index is 847. The highest BCUT2D eigenvalue weighted by Gasteiger charge is 2.25. The standard InChI is InChI=1S/C18H18N2O2S.BrH/c21-18-16(17(22-20-18)13-6-8-19-9-7-13)14-10-15(23-11-14)12-4-2-1-3-5-12;/h1-5,10-11,13,19H,6-9H2,(H,20,21);1H. The highest BCUT2D eigenvalue weighted by molar-refractivity contribution is 8.93. The maximum absolute atomic E-state index is 12.3. The number of hydrogen-bond donors (Lipinski definition) is 2. The van der Waals surface area contributed by atoms with Crippen LogP contribution in [0.2, 0.25) is 0 Å². The SMILES string of the molecule is Br.O=c1[nH]oc(C2CCNCC2)c1-c1csc(-c2ccccc2)c1. The zero-order chi connectivity index (χ0) is 15.6. The van der Waals surface area contributed by atoms with Gasteiger partial charge in [-0.1, -0.05) is 30.3 Å². The highest BCUT2D eigenvalue weighted by Crippen LogP contribution is 2.36. The van der Waals surface area contributed by atoms with Crippen molar-refractivity contribution in [1.29, 1.82) is 0 Å². The molecule has 0 unspecified atom stereocenters. The molecule has 0 amide bonds. The van der Waals surface area contributed by atoms with Gasteiger partial charge in [0.25, 0.3) is 5.56 Å². The number of H-pyrrole nitrogens is 1. The van der Waals surface area contributed by atoms with Gasteiger partial charge in [-0.25, -0.2) is 0 Å². The lowest BCUT2D eigenvalue weighted by molar-refractivity contribution is 0.326. The second-order valence-electron chi connectivity index (χ2n) is 5.86. The van der Waals surface area contributed by atoms with Gasteiger partial charge in [0.15, 0.2) is 0 Å². The summed E-state index contributed by atoms with van der Waals surface area (Å²) in [6, 6.07) is 12.3. The molecule has 2 aromatic heterocycles. The molecule has 1 saturated heterocycles. The first-order chi connectivity index (χ1) is 11.3.